The predicted molar refractivity (Wildman–Crippen MR) is 105 cm³/mol. The van der Waals surface area contributed by atoms with Crippen molar-refractivity contribution in [2.24, 2.45) is 5.92 Å². The summed E-state index contributed by atoms with van der Waals surface area (Å²) in [7, 11) is 4.03. The molecule has 0 saturated carbocycles. The van der Waals surface area contributed by atoms with Gasteiger partial charge in [-0.2, -0.15) is 0 Å². The van der Waals surface area contributed by atoms with E-state index >= 15 is 0 Å². The minimum Gasteiger partial charge on any atom is -0.355 e. The van der Waals surface area contributed by atoms with Crippen LogP contribution in [-0.2, 0) is 4.79 Å². The average molecular weight is 361 g/mol. The summed E-state index contributed by atoms with van der Waals surface area (Å²) in [5, 5.41) is 12.0. The zero-order chi connectivity index (χ0) is 18.4. The molecule has 3 heterocycles. The Morgan fingerprint density at radius 2 is 1.73 bits per heavy atom. The number of carbonyl (C=O) groups excluding carboxylic acids is 1. The molecule has 3 rings (SSSR count). The molecule has 1 aromatic heterocycles. The van der Waals surface area contributed by atoms with Crippen LogP contribution in [0.5, 0.6) is 0 Å². The fourth-order valence-electron chi connectivity index (χ4n) is 3.72. The van der Waals surface area contributed by atoms with Crippen LogP contribution in [0.2, 0.25) is 0 Å². The first kappa shape index (κ1) is 18.9. The second-order valence-corrected chi connectivity index (χ2v) is 7.68. The van der Waals surface area contributed by atoms with Crippen LogP contribution < -0.4 is 15.1 Å². The molecule has 1 aromatic rings. The van der Waals surface area contributed by atoms with Gasteiger partial charge in [-0.1, -0.05) is 0 Å². The third-order valence-corrected chi connectivity index (χ3v) is 5.29. The van der Waals surface area contributed by atoms with Gasteiger partial charge in [0, 0.05) is 39.3 Å². The van der Waals surface area contributed by atoms with Crippen LogP contribution >= 0.6 is 0 Å². The smallest absolute Gasteiger partial charge is 0.224 e. The van der Waals surface area contributed by atoms with Gasteiger partial charge in [0.05, 0.1) is 5.92 Å². The van der Waals surface area contributed by atoms with Gasteiger partial charge in [0.25, 0.3) is 0 Å². The van der Waals surface area contributed by atoms with E-state index < -0.39 is 0 Å². The Bertz CT molecular complexity index is 570. The number of carbonyl (C=O) groups is 1. The molecule has 26 heavy (non-hydrogen) atoms. The Morgan fingerprint density at radius 3 is 2.38 bits per heavy atom. The van der Waals surface area contributed by atoms with Gasteiger partial charge in [-0.3, -0.25) is 4.79 Å². The summed E-state index contributed by atoms with van der Waals surface area (Å²) >= 11 is 0. The number of amides is 1. The van der Waals surface area contributed by atoms with Crippen molar-refractivity contribution in [3.05, 3.63) is 12.1 Å². The van der Waals surface area contributed by atoms with Crippen molar-refractivity contribution in [1.29, 1.82) is 0 Å². The summed E-state index contributed by atoms with van der Waals surface area (Å²) in [6.07, 6.45) is 5.75. The van der Waals surface area contributed by atoms with Gasteiger partial charge in [0.15, 0.2) is 11.6 Å². The van der Waals surface area contributed by atoms with E-state index in [1.165, 1.54) is 19.3 Å². The number of hydrogen-bond acceptors (Lipinski definition) is 6. The highest BCUT2D eigenvalue weighted by molar-refractivity contribution is 5.79. The summed E-state index contributed by atoms with van der Waals surface area (Å²) in [5.74, 6) is 2.06. The first-order valence-electron chi connectivity index (χ1n) is 9.89. The molecule has 2 saturated heterocycles. The van der Waals surface area contributed by atoms with Crippen molar-refractivity contribution in [1.82, 2.24) is 20.4 Å². The van der Waals surface area contributed by atoms with Crippen molar-refractivity contribution in [2.45, 2.75) is 32.1 Å². The predicted octanol–water partition coefficient (Wildman–Crippen LogP) is 1.36. The molecule has 0 spiro atoms. The third kappa shape index (κ3) is 5.06. The third-order valence-electron chi connectivity index (χ3n) is 5.29. The lowest BCUT2D eigenvalue weighted by molar-refractivity contribution is -0.125. The maximum Gasteiger partial charge on any atom is 0.224 e. The fraction of sp³-hybridized carbons (Fsp3) is 0.737. The van der Waals surface area contributed by atoms with E-state index in [1.54, 1.807) is 0 Å². The van der Waals surface area contributed by atoms with Gasteiger partial charge in [-0.05, 0) is 58.3 Å². The zero-order valence-electron chi connectivity index (χ0n) is 16.2. The maximum atomic E-state index is 12.4. The largest absolute Gasteiger partial charge is 0.355 e. The van der Waals surface area contributed by atoms with Gasteiger partial charge in [-0.25, -0.2) is 0 Å². The van der Waals surface area contributed by atoms with Crippen LogP contribution in [-0.4, -0.2) is 74.4 Å². The first-order chi connectivity index (χ1) is 12.6. The highest BCUT2D eigenvalue weighted by Crippen LogP contribution is 2.23. The van der Waals surface area contributed by atoms with E-state index in [9.17, 15) is 4.79 Å². The number of piperidine rings is 2. The quantitative estimate of drug-likeness (QED) is 0.826. The molecule has 7 nitrogen and oxygen atoms in total. The van der Waals surface area contributed by atoms with Crippen LogP contribution in [0, 0.1) is 5.92 Å². The molecular formula is C19H32N6O. The Balaban J connectivity index is 1.54. The Hall–Kier alpha value is -1.89. The van der Waals surface area contributed by atoms with E-state index in [1.807, 2.05) is 14.1 Å². The minimum atomic E-state index is 0.0366. The summed E-state index contributed by atoms with van der Waals surface area (Å²) in [6, 6.07) is 4.14. The number of rotatable bonds is 6. The number of likely N-dealkylation sites (N-methyl/N-ethyl adjacent to an activating group) is 1. The van der Waals surface area contributed by atoms with Crippen LogP contribution in [0.1, 0.15) is 32.1 Å². The van der Waals surface area contributed by atoms with Crippen LogP contribution in [0.25, 0.3) is 0 Å². The molecule has 2 aliphatic heterocycles. The van der Waals surface area contributed by atoms with Gasteiger partial charge >= 0.3 is 0 Å². The first-order valence-corrected chi connectivity index (χ1v) is 9.89. The molecule has 2 aliphatic rings. The number of anilines is 2. The van der Waals surface area contributed by atoms with Crippen LogP contribution in [0.15, 0.2) is 12.1 Å². The molecule has 144 valence electrons. The number of aromatic nitrogens is 2. The van der Waals surface area contributed by atoms with Gasteiger partial charge in [0.2, 0.25) is 5.91 Å². The zero-order valence-corrected chi connectivity index (χ0v) is 16.2. The van der Waals surface area contributed by atoms with E-state index in [0.29, 0.717) is 6.54 Å². The van der Waals surface area contributed by atoms with Crippen molar-refractivity contribution in [2.75, 3.05) is 63.2 Å². The average Bonchev–Trinajstić information content (AvgIpc) is 2.68. The second kappa shape index (κ2) is 9.16. The summed E-state index contributed by atoms with van der Waals surface area (Å²) < 4.78 is 0. The molecule has 1 N–H and O–H groups in total. The second-order valence-electron chi connectivity index (χ2n) is 7.68. The Morgan fingerprint density at radius 1 is 1.08 bits per heavy atom. The summed E-state index contributed by atoms with van der Waals surface area (Å²) in [5.41, 5.74) is 0. The molecule has 0 radical (unpaired) electrons. The minimum absolute atomic E-state index is 0.0366. The molecule has 1 unspecified atom stereocenters. The monoisotopic (exact) mass is 360 g/mol. The molecule has 1 amide bonds. The fourth-order valence-corrected chi connectivity index (χ4v) is 3.72. The van der Waals surface area contributed by atoms with Crippen molar-refractivity contribution in [3.8, 4) is 0 Å². The van der Waals surface area contributed by atoms with E-state index in [4.69, 9.17) is 0 Å². The lowest BCUT2D eigenvalue weighted by Gasteiger charge is -2.33. The summed E-state index contributed by atoms with van der Waals surface area (Å²) in [6.45, 7) is 5.39. The lowest BCUT2D eigenvalue weighted by atomic mass is 9.97. The van der Waals surface area contributed by atoms with Crippen LogP contribution in [0.4, 0.5) is 11.6 Å². The topological polar surface area (TPSA) is 64.6 Å². The van der Waals surface area contributed by atoms with Crippen LogP contribution in [0.3, 0.4) is 0 Å². The Kier molecular flexibility index (Phi) is 6.66. The van der Waals surface area contributed by atoms with Crippen molar-refractivity contribution in [3.63, 3.8) is 0 Å². The summed E-state index contributed by atoms with van der Waals surface area (Å²) in [4.78, 5) is 19.0. The molecular weight excluding hydrogens is 328 g/mol. The maximum absolute atomic E-state index is 12.4. The number of hydrogen-bond donors (Lipinski definition) is 1. The van der Waals surface area contributed by atoms with Crippen molar-refractivity contribution >= 4 is 17.5 Å². The normalized spacial score (nSPS) is 21.1. The van der Waals surface area contributed by atoms with Gasteiger partial charge in [-0.15, -0.1) is 10.2 Å². The van der Waals surface area contributed by atoms with Crippen molar-refractivity contribution < 1.29 is 4.79 Å². The standard InChI is InChI=1S/C19H32N6O/c1-23(2)14-10-20-19(26)16-7-6-13-25(15-16)18-9-8-17(21-22-18)24-11-4-3-5-12-24/h8-9,16H,3-7,10-15H2,1-2H3,(H,20,26). The van der Waals surface area contributed by atoms with Gasteiger partial charge < -0.3 is 20.0 Å². The highest BCUT2D eigenvalue weighted by atomic mass is 16.1. The molecule has 1 atom stereocenters. The van der Waals surface area contributed by atoms with E-state index in [-0.39, 0.29) is 11.8 Å². The SMILES string of the molecule is CN(C)CCNC(=O)C1CCCN(c2ccc(N3CCCCC3)nn2)C1. The Labute approximate surface area is 156 Å². The highest BCUT2D eigenvalue weighted by Gasteiger charge is 2.26. The molecule has 0 aliphatic carbocycles. The number of nitrogens with zero attached hydrogens (tertiary/aromatic N) is 5. The van der Waals surface area contributed by atoms with E-state index in [0.717, 1.165) is 57.2 Å². The lowest BCUT2D eigenvalue weighted by Crippen LogP contribution is -2.44. The number of nitrogens with one attached hydrogen (secondary N) is 1. The molecule has 7 heteroatoms. The molecule has 2 fully saturated rings. The molecule has 0 bridgehead atoms. The molecule has 0 aromatic carbocycles. The van der Waals surface area contributed by atoms with E-state index in [2.05, 4.69) is 42.3 Å². The van der Waals surface area contributed by atoms with Gasteiger partial charge in [0.1, 0.15) is 0 Å².